The SMILES string of the molecule is CCC=CCC=CCCCCCC(CCCCCCC)OC(=O)C(C)(C)CC=O. The second kappa shape index (κ2) is 18.6. The number of esters is 1. The molecule has 0 aliphatic heterocycles. The first kappa shape index (κ1) is 27.6. The van der Waals surface area contributed by atoms with Gasteiger partial charge in [-0.25, -0.2) is 0 Å². The van der Waals surface area contributed by atoms with E-state index in [2.05, 4.69) is 38.2 Å². The maximum atomic E-state index is 12.5. The van der Waals surface area contributed by atoms with Crippen molar-refractivity contribution in [1.82, 2.24) is 0 Å². The van der Waals surface area contributed by atoms with Gasteiger partial charge in [0.2, 0.25) is 0 Å². The quantitative estimate of drug-likeness (QED) is 0.0953. The molecule has 0 bridgehead atoms. The lowest BCUT2D eigenvalue weighted by molar-refractivity contribution is -0.161. The van der Waals surface area contributed by atoms with Crippen LogP contribution in [0.1, 0.15) is 118 Å². The molecular formula is C26H46O3. The first-order chi connectivity index (χ1) is 14.0. The van der Waals surface area contributed by atoms with Crippen LogP contribution in [0.15, 0.2) is 24.3 Å². The van der Waals surface area contributed by atoms with E-state index < -0.39 is 5.41 Å². The van der Waals surface area contributed by atoms with E-state index in [1.54, 1.807) is 13.8 Å². The van der Waals surface area contributed by atoms with Crippen LogP contribution < -0.4 is 0 Å². The molecule has 0 radical (unpaired) electrons. The minimum absolute atomic E-state index is 0.00947. The van der Waals surface area contributed by atoms with Crippen LogP contribution in [0.4, 0.5) is 0 Å². The minimum Gasteiger partial charge on any atom is -0.462 e. The molecule has 0 amide bonds. The van der Waals surface area contributed by atoms with Crippen LogP contribution in [0.5, 0.6) is 0 Å². The Hall–Kier alpha value is -1.38. The van der Waals surface area contributed by atoms with E-state index >= 15 is 0 Å². The Morgan fingerprint density at radius 1 is 0.862 bits per heavy atom. The average molecular weight is 407 g/mol. The van der Waals surface area contributed by atoms with Crippen LogP contribution in [-0.4, -0.2) is 18.4 Å². The van der Waals surface area contributed by atoms with Crippen LogP contribution in [0.2, 0.25) is 0 Å². The maximum absolute atomic E-state index is 12.5. The fourth-order valence-electron chi connectivity index (χ4n) is 3.21. The zero-order valence-corrected chi connectivity index (χ0v) is 19.6. The number of rotatable bonds is 19. The molecule has 0 spiro atoms. The number of allylic oxidation sites excluding steroid dienone is 4. The number of aldehydes is 1. The second-order valence-corrected chi connectivity index (χ2v) is 8.71. The van der Waals surface area contributed by atoms with E-state index in [4.69, 9.17) is 4.74 Å². The van der Waals surface area contributed by atoms with Crippen LogP contribution in [0.25, 0.3) is 0 Å². The molecule has 0 N–H and O–H groups in total. The zero-order valence-electron chi connectivity index (χ0n) is 19.6. The van der Waals surface area contributed by atoms with Crippen molar-refractivity contribution in [3.8, 4) is 0 Å². The van der Waals surface area contributed by atoms with Gasteiger partial charge in [-0.15, -0.1) is 0 Å². The average Bonchev–Trinajstić information content (AvgIpc) is 2.68. The summed E-state index contributed by atoms with van der Waals surface area (Å²) >= 11 is 0. The highest BCUT2D eigenvalue weighted by atomic mass is 16.5. The van der Waals surface area contributed by atoms with Crippen LogP contribution >= 0.6 is 0 Å². The number of carbonyl (C=O) groups is 2. The maximum Gasteiger partial charge on any atom is 0.312 e. The third kappa shape index (κ3) is 16.1. The van der Waals surface area contributed by atoms with E-state index in [1.165, 1.54) is 32.1 Å². The molecule has 0 saturated heterocycles. The van der Waals surface area contributed by atoms with Gasteiger partial charge in [-0.05, 0) is 65.2 Å². The lowest BCUT2D eigenvalue weighted by Crippen LogP contribution is -2.31. The number of hydrogen-bond acceptors (Lipinski definition) is 3. The first-order valence-electron chi connectivity index (χ1n) is 11.9. The number of hydrogen-bond donors (Lipinski definition) is 0. The molecule has 0 aromatic heterocycles. The standard InChI is InChI=1S/C26H46O3/c1-5-7-9-11-12-13-14-15-17-19-21-24(20-18-16-10-8-6-2)29-25(28)26(3,4)22-23-27/h7,9,12-13,23-24H,5-6,8,10-11,14-22H2,1-4H3. The van der Waals surface area contributed by atoms with Gasteiger partial charge in [0.25, 0.3) is 0 Å². The van der Waals surface area contributed by atoms with Gasteiger partial charge in [-0.3, -0.25) is 4.79 Å². The topological polar surface area (TPSA) is 43.4 Å². The molecule has 0 aliphatic rings. The van der Waals surface area contributed by atoms with Crippen molar-refractivity contribution in [3.63, 3.8) is 0 Å². The van der Waals surface area contributed by atoms with E-state index in [9.17, 15) is 9.59 Å². The van der Waals surface area contributed by atoms with Crippen molar-refractivity contribution < 1.29 is 14.3 Å². The Labute approximate surface area is 180 Å². The van der Waals surface area contributed by atoms with Crippen molar-refractivity contribution in [2.24, 2.45) is 5.41 Å². The Kier molecular flexibility index (Phi) is 17.7. The largest absolute Gasteiger partial charge is 0.462 e. The Balaban J connectivity index is 4.28. The highest BCUT2D eigenvalue weighted by Crippen LogP contribution is 2.24. The number of unbranched alkanes of at least 4 members (excludes halogenated alkanes) is 7. The van der Waals surface area contributed by atoms with Crippen molar-refractivity contribution in [1.29, 1.82) is 0 Å². The fraction of sp³-hybridized carbons (Fsp3) is 0.769. The lowest BCUT2D eigenvalue weighted by Gasteiger charge is -2.25. The minimum atomic E-state index is -0.723. The van der Waals surface area contributed by atoms with Crippen LogP contribution in [0.3, 0.4) is 0 Å². The third-order valence-electron chi connectivity index (χ3n) is 5.29. The first-order valence-corrected chi connectivity index (χ1v) is 11.9. The summed E-state index contributed by atoms with van der Waals surface area (Å²) < 4.78 is 5.84. The van der Waals surface area contributed by atoms with Gasteiger partial charge < -0.3 is 9.53 Å². The van der Waals surface area contributed by atoms with Crippen LogP contribution in [-0.2, 0) is 14.3 Å². The molecule has 0 aliphatic carbocycles. The van der Waals surface area contributed by atoms with Crippen molar-refractivity contribution in [3.05, 3.63) is 24.3 Å². The lowest BCUT2D eigenvalue weighted by atomic mass is 9.90. The van der Waals surface area contributed by atoms with Crippen molar-refractivity contribution >= 4 is 12.3 Å². The normalized spacial score (nSPS) is 13.2. The molecule has 0 fully saturated rings. The Morgan fingerprint density at radius 3 is 2.10 bits per heavy atom. The Morgan fingerprint density at radius 2 is 1.48 bits per heavy atom. The van der Waals surface area contributed by atoms with E-state index in [0.29, 0.717) is 0 Å². The fourth-order valence-corrected chi connectivity index (χ4v) is 3.21. The summed E-state index contributed by atoms with van der Waals surface area (Å²) in [6.07, 6.45) is 24.6. The molecule has 1 atom stereocenters. The van der Waals surface area contributed by atoms with Crippen molar-refractivity contribution in [2.45, 2.75) is 124 Å². The molecule has 0 saturated carbocycles. The molecule has 0 heterocycles. The van der Waals surface area contributed by atoms with Gasteiger partial charge in [0.15, 0.2) is 0 Å². The predicted octanol–water partition coefficient (Wildman–Crippen LogP) is 7.74. The molecular weight excluding hydrogens is 360 g/mol. The summed E-state index contributed by atoms with van der Waals surface area (Å²) in [4.78, 5) is 23.3. The van der Waals surface area contributed by atoms with Gasteiger partial charge in [0.1, 0.15) is 12.4 Å². The zero-order chi connectivity index (χ0) is 21.8. The smallest absolute Gasteiger partial charge is 0.312 e. The molecule has 3 nitrogen and oxygen atoms in total. The summed E-state index contributed by atoms with van der Waals surface area (Å²) in [6, 6.07) is 0. The molecule has 0 rings (SSSR count). The molecule has 1 unspecified atom stereocenters. The second-order valence-electron chi connectivity index (χ2n) is 8.71. The highest BCUT2D eigenvalue weighted by Gasteiger charge is 2.30. The van der Waals surface area contributed by atoms with Crippen molar-refractivity contribution in [2.75, 3.05) is 0 Å². The van der Waals surface area contributed by atoms with Gasteiger partial charge in [-0.1, -0.05) is 70.3 Å². The van der Waals surface area contributed by atoms with E-state index in [0.717, 1.165) is 57.7 Å². The number of carbonyl (C=O) groups excluding carboxylic acids is 2. The van der Waals surface area contributed by atoms with Gasteiger partial charge >= 0.3 is 5.97 Å². The number of ether oxygens (including phenoxy) is 1. The molecule has 0 aromatic carbocycles. The van der Waals surface area contributed by atoms with E-state index in [-0.39, 0.29) is 18.5 Å². The summed E-state index contributed by atoms with van der Waals surface area (Å²) in [5.74, 6) is -0.230. The Bertz CT molecular complexity index is 463. The van der Waals surface area contributed by atoms with Crippen LogP contribution in [0, 0.1) is 5.41 Å². The third-order valence-corrected chi connectivity index (χ3v) is 5.29. The molecule has 29 heavy (non-hydrogen) atoms. The molecule has 0 aromatic rings. The highest BCUT2D eigenvalue weighted by molar-refractivity contribution is 5.79. The molecule has 168 valence electrons. The van der Waals surface area contributed by atoms with E-state index in [1.807, 2.05) is 0 Å². The molecule has 3 heteroatoms. The summed E-state index contributed by atoms with van der Waals surface area (Å²) in [5, 5.41) is 0. The van der Waals surface area contributed by atoms with Gasteiger partial charge in [-0.2, -0.15) is 0 Å². The van der Waals surface area contributed by atoms with Gasteiger partial charge in [0, 0.05) is 6.42 Å². The summed E-state index contributed by atoms with van der Waals surface area (Å²) in [5.41, 5.74) is -0.723. The van der Waals surface area contributed by atoms with Gasteiger partial charge in [0.05, 0.1) is 5.41 Å². The summed E-state index contributed by atoms with van der Waals surface area (Å²) in [7, 11) is 0. The monoisotopic (exact) mass is 406 g/mol. The summed E-state index contributed by atoms with van der Waals surface area (Å²) in [6.45, 7) is 7.96. The predicted molar refractivity (Wildman–Crippen MR) is 124 cm³/mol.